The van der Waals surface area contributed by atoms with Crippen LogP contribution in [0.1, 0.15) is 122 Å². The van der Waals surface area contributed by atoms with Gasteiger partial charge in [-0.2, -0.15) is 12.6 Å². The van der Waals surface area contributed by atoms with Gasteiger partial charge in [-0.1, -0.05) is 18.2 Å². The van der Waals surface area contributed by atoms with E-state index in [0.717, 1.165) is 19.3 Å². The number of fused-ring (bicyclic) bond motifs is 1. The molecule has 2 aromatic rings. The van der Waals surface area contributed by atoms with E-state index in [1.54, 1.807) is 30.5 Å². The van der Waals surface area contributed by atoms with Crippen molar-refractivity contribution in [3.05, 3.63) is 36.0 Å². The molecule has 1 fully saturated rings. The lowest BCUT2D eigenvalue weighted by Gasteiger charge is -2.28. The maximum absolute atomic E-state index is 15.0. The average Bonchev–Trinajstić information content (AvgIpc) is 1.72. The highest BCUT2D eigenvalue weighted by Gasteiger charge is 2.36. The number of para-hydroxylation sites is 1. The number of benzene rings is 1. The Hall–Kier alpha value is -11.8. The number of aromatic amines is 1. The van der Waals surface area contributed by atoms with Crippen molar-refractivity contribution in [1.29, 1.82) is 0 Å². The Labute approximate surface area is 636 Å². The minimum Gasteiger partial charge on any atom is -0.370 e. The molecule has 0 aliphatic heterocycles. The van der Waals surface area contributed by atoms with Crippen molar-refractivity contribution >= 4 is 130 Å². The van der Waals surface area contributed by atoms with Gasteiger partial charge in [0.05, 0.1) is 6.54 Å². The number of aliphatic imine (C=N–C) groups is 7. The third kappa shape index (κ3) is 37.8. The molecule has 0 bridgehead atoms. The van der Waals surface area contributed by atoms with Gasteiger partial charge in [0.15, 0.2) is 41.7 Å². The predicted octanol–water partition coefficient (Wildman–Crippen LogP) is -9.82. The molecule has 1 heterocycles. The van der Waals surface area contributed by atoms with E-state index in [1.807, 2.05) is 0 Å². The minimum absolute atomic E-state index is 0.0156. The number of guanidine groups is 7. The number of primary amides is 1. The highest BCUT2D eigenvalue weighted by Crippen LogP contribution is 2.21. The second-order valence-electron chi connectivity index (χ2n) is 25.5. The van der Waals surface area contributed by atoms with Gasteiger partial charge in [0.2, 0.25) is 65.0 Å². The van der Waals surface area contributed by atoms with Gasteiger partial charge >= 0.3 is 0 Å². The standard InChI is InChI=1S/C64H113N33O11S/c1-34(98)86-32-48(99)89-39(16-5-23-79-58(66)67)50(101)90-40(17-6-24-80-59(68)69)51(102)94-44(22-11-29-85-64(78)88-36-12-4-13-36)55(106)93-42(19-8-26-82-61(72)73)53(104)91-41(18-7-25-81-60(70)71)52(103)92-43(20-9-27-83-62(74)75)54(105)95-45(21-10-28-84-63(76)77)56(107)96-46(57(108)97-47(33-109)49(65)100)30-35-31-87-38-15-3-2-14-37(35)38/h2-3,14-15,31,36,39-47,87,109H,4-13,16-30,32-33H2,1H3,(H2,65,100)(H,86,98)(H,89,99)(H,90,101)(H,91,104)(H,92,103)(H,93,106)(H,94,102)(H,95,105)(H,96,107)(H,97,108)(H4,66,67,79)(H4,68,69,80)(H4,70,71,81)(H4,72,73,82)(H4,74,75,83)(H4,76,77,84)(H3,78,85,88)/t39-,40-,41-,42-,43-,44-,45-,46-,47-/m1/s1. The lowest BCUT2D eigenvalue weighted by atomic mass is 9.93. The number of H-pyrrole nitrogens is 1. The van der Waals surface area contributed by atoms with E-state index in [4.69, 9.17) is 80.3 Å². The molecule has 0 saturated heterocycles. The first-order valence-corrected chi connectivity index (χ1v) is 36.2. The summed E-state index contributed by atoms with van der Waals surface area (Å²) in [6.45, 7) is 0.500. The summed E-state index contributed by atoms with van der Waals surface area (Å²) in [6.07, 6.45) is 3.53. The summed E-state index contributed by atoms with van der Waals surface area (Å²) in [6, 6.07) is -5.87. The summed E-state index contributed by atoms with van der Waals surface area (Å²) in [7, 11) is 0. The fraction of sp³-hybridized carbons (Fsp3) is 0.594. The Morgan fingerprint density at radius 2 is 0.706 bits per heavy atom. The van der Waals surface area contributed by atoms with Crippen LogP contribution < -0.4 is 139 Å². The Balaban J connectivity index is 2.16. The van der Waals surface area contributed by atoms with Gasteiger partial charge in [-0.25, -0.2) is 0 Å². The van der Waals surface area contributed by atoms with Gasteiger partial charge in [0, 0.05) is 88.1 Å². The van der Waals surface area contributed by atoms with E-state index in [9.17, 15) is 38.4 Å². The third-order valence-electron chi connectivity index (χ3n) is 16.6. The molecule has 1 saturated carbocycles. The topological polar surface area (TPSA) is 787 Å². The Bertz CT molecular complexity index is 3540. The van der Waals surface area contributed by atoms with E-state index in [2.05, 4.69) is 111 Å². The zero-order valence-electron chi connectivity index (χ0n) is 61.4. The number of rotatable bonds is 52. The second-order valence-corrected chi connectivity index (χ2v) is 25.9. The minimum atomic E-state index is -1.57. The zero-order chi connectivity index (χ0) is 81.0. The molecule has 0 unspecified atom stereocenters. The second kappa shape index (κ2) is 49.9. The Morgan fingerprint density at radius 1 is 0.413 bits per heavy atom. The van der Waals surface area contributed by atoms with Crippen LogP contribution in [-0.4, -0.2) is 230 Å². The van der Waals surface area contributed by atoms with Gasteiger partial charge in [-0.15, -0.1) is 0 Å². The molecule has 44 nitrogen and oxygen atoms in total. The number of aromatic nitrogens is 1. The monoisotopic (exact) mass is 1550 g/mol. The normalized spacial score (nSPS) is 14.2. The van der Waals surface area contributed by atoms with Crippen LogP contribution in [0.2, 0.25) is 0 Å². The van der Waals surface area contributed by atoms with E-state index < -0.39 is 126 Å². The molecule has 1 aliphatic rings. The third-order valence-corrected chi connectivity index (χ3v) is 16.9. The SMILES string of the molecule is CC(=O)NCC(=O)N[C@H](CCCN=C(N)N)C(=O)N[C@H](CCCN=C(N)N)C(=O)N[C@H](CCCN=C(N)NC1CCC1)C(=O)N[C@H](CCCN=C(N)N)C(=O)N[C@H](CCCN=C(N)N)C(=O)N[C@H](CCCN=C(N)N)C(=O)N[C@H](CCCN=C(N)N)C(=O)N[C@H](Cc1c[nH]c2ccccc12)C(=O)N[C@H](CS)C(N)=O. The summed E-state index contributed by atoms with van der Waals surface area (Å²) >= 11 is 4.16. The van der Waals surface area contributed by atoms with Crippen LogP contribution in [0.4, 0.5) is 0 Å². The molecule has 45 heteroatoms. The lowest BCUT2D eigenvalue weighted by molar-refractivity contribution is -0.136. The first kappa shape index (κ1) is 91.4. The van der Waals surface area contributed by atoms with Crippen LogP contribution in [0.15, 0.2) is 65.4 Å². The first-order chi connectivity index (χ1) is 51.8. The molecule has 109 heavy (non-hydrogen) atoms. The quantitative estimate of drug-likeness (QED) is 0.0127. The summed E-state index contributed by atoms with van der Waals surface area (Å²) < 4.78 is 0. The molecular formula is C64H113N33O11S. The number of nitrogens with two attached hydrogens (primary N) is 14. The first-order valence-electron chi connectivity index (χ1n) is 35.6. The summed E-state index contributed by atoms with van der Waals surface area (Å²) in [5.74, 6) is -11.3. The predicted molar refractivity (Wildman–Crippen MR) is 417 cm³/mol. The molecule has 1 aliphatic carbocycles. The summed E-state index contributed by atoms with van der Waals surface area (Å²) in [5, 5.41) is 30.1. The van der Waals surface area contributed by atoms with Gasteiger partial charge in [0.25, 0.3) is 0 Å². The van der Waals surface area contributed by atoms with Crippen LogP contribution in [-0.2, 0) is 59.2 Å². The highest BCUT2D eigenvalue weighted by molar-refractivity contribution is 7.80. The van der Waals surface area contributed by atoms with Crippen molar-refractivity contribution < 1.29 is 52.7 Å². The molecule has 0 spiro atoms. The van der Waals surface area contributed by atoms with Crippen molar-refractivity contribution in [2.45, 2.75) is 183 Å². The lowest BCUT2D eigenvalue weighted by Crippen LogP contribution is -2.60. The maximum atomic E-state index is 15.0. The maximum Gasteiger partial charge on any atom is 0.243 e. The van der Waals surface area contributed by atoms with E-state index in [-0.39, 0.29) is 196 Å². The molecule has 0 radical (unpaired) electrons. The number of amides is 11. The molecule has 11 amide bonds. The summed E-state index contributed by atoms with van der Waals surface area (Å²) in [5.41, 5.74) is 80.4. The van der Waals surface area contributed by atoms with Crippen molar-refractivity contribution in [3.8, 4) is 0 Å². The number of carbonyl (C=O) groups is 11. The van der Waals surface area contributed by atoms with Gasteiger partial charge < -0.3 is 144 Å². The number of hydrogen-bond donors (Lipinski definition) is 27. The van der Waals surface area contributed by atoms with Gasteiger partial charge in [-0.3, -0.25) is 87.7 Å². The zero-order valence-corrected chi connectivity index (χ0v) is 62.3. The molecule has 9 atom stereocenters. The molecular weight excluding hydrogens is 1440 g/mol. The average molecular weight is 1550 g/mol. The van der Waals surface area contributed by atoms with Crippen molar-refractivity contribution in [2.24, 2.45) is 115 Å². The number of hydrogen-bond acceptors (Lipinski definition) is 19. The fourth-order valence-electron chi connectivity index (χ4n) is 10.8. The van der Waals surface area contributed by atoms with Crippen molar-refractivity contribution in [3.63, 3.8) is 0 Å². The largest absolute Gasteiger partial charge is 0.370 e. The van der Waals surface area contributed by atoms with Crippen LogP contribution in [0.3, 0.4) is 0 Å². The van der Waals surface area contributed by atoms with E-state index in [1.165, 1.54) is 6.92 Å². The van der Waals surface area contributed by atoms with Crippen molar-refractivity contribution in [2.75, 3.05) is 58.1 Å². The Morgan fingerprint density at radius 3 is 1.00 bits per heavy atom. The Kier molecular flexibility index (Phi) is 41.8. The number of nitrogens with one attached hydrogen (secondary N) is 12. The molecule has 40 N–H and O–H groups in total. The molecule has 3 rings (SSSR count). The van der Waals surface area contributed by atoms with E-state index in [0.29, 0.717) is 16.5 Å². The molecule has 1 aromatic heterocycles. The van der Waals surface area contributed by atoms with Crippen LogP contribution in [0.25, 0.3) is 10.9 Å². The molecule has 1 aromatic carbocycles. The number of nitrogens with zero attached hydrogens (tertiary/aromatic N) is 7. The molecule has 606 valence electrons. The van der Waals surface area contributed by atoms with Crippen LogP contribution in [0, 0.1) is 0 Å². The number of carbonyl (C=O) groups excluding carboxylic acids is 11. The van der Waals surface area contributed by atoms with Gasteiger partial charge in [-0.05, 0) is 121 Å². The van der Waals surface area contributed by atoms with Crippen LogP contribution in [0.5, 0.6) is 0 Å². The van der Waals surface area contributed by atoms with E-state index >= 15 is 14.4 Å². The van der Waals surface area contributed by atoms with Crippen LogP contribution >= 0.6 is 12.6 Å². The fourth-order valence-corrected chi connectivity index (χ4v) is 11.0. The van der Waals surface area contributed by atoms with Gasteiger partial charge in [0.1, 0.15) is 54.4 Å². The number of thiol groups is 1. The smallest absolute Gasteiger partial charge is 0.243 e. The summed E-state index contributed by atoms with van der Waals surface area (Å²) in [4.78, 5) is 186. The van der Waals surface area contributed by atoms with Crippen molar-refractivity contribution in [1.82, 2.24) is 63.5 Å². The highest BCUT2D eigenvalue weighted by atomic mass is 32.1.